The Bertz CT molecular complexity index is 1820. The molecule has 0 spiro atoms. The maximum Gasteiger partial charge on any atom is 0.310 e. The van der Waals surface area contributed by atoms with Crippen molar-refractivity contribution in [2.24, 2.45) is 23.7 Å². The molecule has 1 saturated carbocycles. The van der Waals surface area contributed by atoms with Crippen LogP contribution in [0, 0.1) is 23.7 Å². The Hall–Kier alpha value is -4.79. The van der Waals surface area contributed by atoms with Gasteiger partial charge in [0.2, 0.25) is 5.91 Å². The number of allylic oxidation sites excluding steroid dienone is 2. The lowest BCUT2D eigenvalue weighted by Gasteiger charge is -2.38. The van der Waals surface area contributed by atoms with Gasteiger partial charge in [0.05, 0.1) is 5.92 Å². The predicted molar refractivity (Wildman–Crippen MR) is 194 cm³/mol. The number of fused-ring (bicyclic) bond motifs is 1. The van der Waals surface area contributed by atoms with E-state index in [4.69, 9.17) is 9.97 Å². The number of likely N-dealkylation sites (tertiary alicyclic amines) is 1. The quantitative estimate of drug-likeness (QED) is 0.153. The lowest BCUT2D eigenvalue weighted by atomic mass is 9.70. The molecule has 1 aliphatic heterocycles. The van der Waals surface area contributed by atoms with Crippen LogP contribution in [0.3, 0.4) is 0 Å². The van der Waals surface area contributed by atoms with Gasteiger partial charge in [-0.1, -0.05) is 81.1 Å². The number of benzene rings is 2. The van der Waals surface area contributed by atoms with Gasteiger partial charge in [0.1, 0.15) is 11.7 Å². The summed E-state index contributed by atoms with van der Waals surface area (Å²) in [6.07, 6.45) is 18.4. The Morgan fingerprint density at radius 3 is 2.34 bits per heavy atom. The van der Waals surface area contributed by atoms with Crippen LogP contribution >= 0.6 is 0 Å². The van der Waals surface area contributed by atoms with Crippen LogP contribution in [0.1, 0.15) is 86.3 Å². The van der Waals surface area contributed by atoms with Gasteiger partial charge < -0.3 is 20.3 Å². The van der Waals surface area contributed by atoms with Gasteiger partial charge >= 0.3 is 5.97 Å². The van der Waals surface area contributed by atoms with E-state index in [9.17, 15) is 19.5 Å². The van der Waals surface area contributed by atoms with Crippen molar-refractivity contribution in [1.82, 2.24) is 25.2 Å². The van der Waals surface area contributed by atoms with Crippen molar-refractivity contribution in [2.75, 3.05) is 13.1 Å². The van der Waals surface area contributed by atoms with Crippen LogP contribution in [0.4, 0.5) is 0 Å². The highest BCUT2D eigenvalue weighted by Crippen LogP contribution is 2.42. The fourth-order valence-electron chi connectivity index (χ4n) is 8.24. The van der Waals surface area contributed by atoms with Crippen LogP contribution in [0.15, 0.2) is 73.1 Å². The molecule has 0 bridgehead atoms. The number of carbonyl (C=O) groups is 3. The van der Waals surface area contributed by atoms with Gasteiger partial charge in [0.25, 0.3) is 5.91 Å². The van der Waals surface area contributed by atoms with Gasteiger partial charge in [-0.3, -0.25) is 14.4 Å². The lowest BCUT2D eigenvalue weighted by Crippen LogP contribution is -2.59. The molecule has 9 heteroatoms. The van der Waals surface area contributed by atoms with Gasteiger partial charge in [-0.2, -0.15) is 0 Å². The minimum Gasteiger partial charge on any atom is -0.481 e. The Balaban J connectivity index is 0.985. The molecule has 260 valence electrons. The van der Waals surface area contributed by atoms with E-state index in [1.54, 1.807) is 6.07 Å². The summed E-state index contributed by atoms with van der Waals surface area (Å²) in [4.78, 5) is 52.2. The molecule has 0 radical (unpaired) electrons. The topological polar surface area (TPSA) is 128 Å². The number of hydrogen-bond donors (Lipinski definition) is 3. The number of nitrogens with zero attached hydrogens (tertiary/aromatic N) is 3. The van der Waals surface area contributed by atoms with E-state index in [2.05, 4.69) is 23.3 Å². The first-order chi connectivity index (χ1) is 24.3. The number of aromatic nitrogens is 3. The Morgan fingerprint density at radius 1 is 0.940 bits per heavy atom. The van der Waals surface area contributed by atoms with E-state index >= 15 is 0 Å². The number of aromatic amines is 1. The predicted octanol–water partition coefficient (Wildman–Crippen LogP) is 7.30. The van der Waals surface area contributed by atoms with Crippen molar-refractivity contribution in [2.45, 2.75) is 77.2 Å². The van der Waals surface area contributed by atoms with Crippen molar-refractivity contribution in [1.29, 1.82) is 0 Å². The lowest BCUT2D eigenvalue weighted by molar-refractivity contribution is -0.153. The maximum atomic E-state index is 13.5. The summed E-state index contributed by atoms with van der Waals surface area (Å²) in [5.74, 6) is 1.10. The average Bonchev–Trinajstić information content (AvgIpc) is 3.56. The molecule has 2 aliphatic carbocycles. The largest absolute Gasteiger partial charge is 0.481 e. The third kappa shape index (κ3) is 7.52. The van der Waals surface area contributed by atoms with Crippen LogP contribution in [-0.2, 0) is 16.0 Å². The minimum atomic E-state index is -0.919. The second kappa shape index (κ2) is 15.0. The molecular weight excluding hydrogens is 626 g/mol. The number of hydrogen-bond acceptors (Lipinski definition) is 5. The number of amides is 2. The monoisotopic (exact) mass is 673 g/mol. The van der Waals surface area contributed by atoms with E-state index in [0.717, 1.165) is 58.2 Å². The third-order valence-electron chi connectivity index (χ3n) is 11.3. The van der Waals surface area contributed by atoms with E-state index in [1.807, 2.05) is 60.9 Å². The average molecular weight is 674 g/mol. The minimum absolute atomic E-state index is 0.136. The molecule has 1 saturated heterocycles. The summed E-state index contributed by atoms with van der Waals surface area (Å²) in [6.45, 7) is 2.58. The fraction of sp³-hybridized carbons (Fsp3) is 0.439. The maximum absolute atomic E-state index is 13.5. The molecule has 50 heavy (non-hydrogen) atoms. The molecule has 2 aromatic carbocycles. The summed E-state index contributed by atoms with van der Waals surface area (Å²) in [6, 6.07) is 16.2. The van der Waals surface area contributed by atoms with E-state index < -0.39 is 23.8 Å². The first kappa shape index (κ1) is 33.7. The molecule has 3 N–H and O–H groups in total. The molecule has 4 aromatic rings. The van der Waals surface area contributed by atoms with E-state index in [1.165, 1.54) is 55.4 Å². The molecule has 2 atom stereocenters. The molecule has 2 aromatic heterocycles. The summed E-state index contributed by atoms with van der Waals surface area (Å²) in [5.41, 5.74) is 5.37. The molecule has 9 nitrogen and oxygen atoms in total. The van der Waals surface area contributed by atoms with Crippen molar-refractivity contribution < 1.29 is 19.5 Å². The van der Waals surface area contributed by atoms with Crippen LogP contribution in [0.2, 0.25) is 0 Å². The van der Waals surface area contributed by atoms with Gasteiger partial charge in [-0.25, -0.2) is 9.97 Å². The van der Waals surface area contributed by atoms with E-state index in [-0.39, 0.29) is 25.4 Å². The summed E-state index contributed by atoms with van der Waals surface area (Å²) in [5, 5.41) is 13.1. The van der Waals surface area contributed by atoms with Gasteiger partial charge in [0.15, 0.2) is 5.82 Å². The normalized spacial score (nSPS) is 21.7. The van der Waals surface area contributed by atoms with Crippen molar-refractivity contribution in [3.05, 3.63) is 89.9 Å². The highest BCUT2D eigenvalue weighted by molar-refractivity contribution is 6.00. The van der Waals surface area contributed by atoms with Gasteiger partial charge in [0, 0.05) is 53.9 Å². The summed E-state index contributed by atoms with van der Waals surface area (Å²) in [7, 11) is 0. The Morgan fingerprint density at radius 2 is 1.68 bits per heavy atom. The molecule has 7 rings (SSSR count). The third-order valence-corrected chi connectivity index (χ3v) is 11.3. The smallest absolute Gasteiger partial charge is 0.310 e. The van der Waals surface area contributed by atoms with Crippen LogP contribution in [-0.4, -0.2) is 61.9 Å². The van der Waals surface area contributed by atoms with Crippen molar-refractivity contribution in [3.8, 4) is 11.4 Å². The van der Waals surface area contributed by atoms with E-state index in [0.29, 0.717) is 11.5 Å². The zero-order chi connectivity index (χ0) is 34.6. The molecule has 2 fully saturated rings. The highest BCUT2D eigenvalue weighted by Gasteiger charge is 2.39. The second-order valence-corrected chi connectivity index (χ2v) is 14.6. The van der Waals surface area contributed by atoms with Crippen LogP contribution in [0.5, 0.6) is 0 Å². The zero-order valence-electron chi connectivity index (χ0n) is 28.8. The molecule has 2 amide bonds. The van der Waals surface area contributed by atoms with Crippen molar-refractivity contribution >= 4 is 34.3 Å². The second-order valence-electron chi connectivity index (χ2n) is 14.6. The number of carboxylic acids is 1. The van der Waals surface area contributed by atoms with Crippen molar-refractivity contribution in [3.63, 3.8) is 0 Å². The Kier molecular flexibility index (Phi) is 10.1. The number of aliphatic carboxylic acids is 1. The summed E-state index contributed by atoms with van der Waals surface area (Å²) >= 11 is 0. The zero-order valence-corrected chi connectivity index (χ0v) is 28.8. The fourth-order valence-corrected chi connectivity index (χ4v) is 8.24. The SMILES string of the molecule is CCCC1CCC(C2CC=C(c3cnc(-c4ccc(CC(NC(=O)c5cc6ccccc6[nH]5)C(=O)N5CC(C(=O)O)C5)cc4)nc3)CC2)CC1. The molecular formula is C41H47N5O4. The van der Waals surface area contributed by atoms with Crippen LogP contribution < -0.4 is 5.32 Å². The number of carbonyl (C=O) groups excluding carboxylic acids is 2. The number of nitrogens with one attached hydrogen (secondary N) is 2. The number of para-hydroxylation sites is 1. The Labute approximate surface area is 293 Å². The number of H-pyrrole nitrogens is 1. The van der Waals surface area contributed by atoms with Gasteiger partial charge in [-0.05, 0) is 73.1 Å². The molecule has 3 heterocycles. The molecule has 3 aliphatic rings. The number of carboxylic acid groups (broad SMARTS) is 1. The van der Waals surface area contributed by atoms with Gasteiger partial charge in [-0.15, -0.1) is 0 Å². The number of rotatable bonds is 11. The highest BCUT2D eigenvalue weighted by atomic mass is 16.4. The van der Waals surface area contributed by atoms with Crippen LogP contribution in [0.25, 0.3) is 27.9 Å². The molecule has 2 unspecified atom stereocenters. The summed E-state index contributed by atoms with van der Waals surface area (Å²) < 4.78 is 0. The first-order valence-electron chi connectivity index (χ1n) is 18.4. The standard InChI is InChI=1S/C41H47N5O4/c1-2-5-26-8-12-28(13-9-26)29-16-18-30(19-17-29)33-22-42-38(43-23-33)31-14-10-27(11-15-31)20-37(40(48)46-24-34(25-46)41(49)50)45-39(47)36-21-32-6-3-4-7-35(32)44-36/h3-4,6-7,10-11,14-15,18,21-23,26,28-29,34,37,44H,2,5,8-9,12-13,16-17,19-20,24-25H2,1H3,(H,45,47)(H,49,50). The first-order valence-corrected chi connectivity index (χ1v) is 18.4.